The smallest absolute Gasteiger partial charge is 0.221 e. The van der Waals surface area contributed by atoms with Crippen LogP contribution in [0, 0.1) is 6.92 Å². The van der Waals surface area contributed by atoms with Crippen LogP contribution in [0.2, 0.25) is 0 Å². The lowest BCUT2D eigenvalue weighted by Gasteiger charge is -2.10. The van der Waals surface area contributed by atoms with Crippen molar-refractivity contribution in [3.05, 3.63) is 23.8 Å². The van der Waals surface area contributed by atoms with Crippen LogP contribution in [0.3, 0.4) is 0 Å². The molecular formula is C12H16N2O. The topological polar surface area (TPSA) is 41.1 Å². The van der Waals surface area contributed by atoms with Gasteiger partial charge in [-0.2, -0.15) is 0 Å². The highest BCUT2D eigenvalue weighted by molar-refractivity contribution is 5.90. The standard InChI is InChI=1S/C12H16N2O/c1-8-3-4-11(14-10-5-6-10)7-12(8)13-9(2)15/h3-4,7,10,14H,5-6H2,1-2H3,(H,13,15). The summed E-state index contributed by atoms with van der Waals surface area (Å²) < 4.78 is 0. The van der Waals surface area contributed by atoms with Crippen LogP contribution in [-0.2, 0) is 4.79 Å². The van der Waals surface area contributed by atoms with Gasteiger partial charge in [-0.05, 0) is 37.5 Å². The van der Waals surface area contributed by atoms with Gasteiger partial charge < -0.3 is 10.6 Å². The fourth-order valence-corrected chi connectivity index (χ4v) is 1.50. The fourth-order valence-electron chi connectivity index (χ4n) is 1.50. The van der Waals surface area contributed by atoms with E-state index in [9.17, 15) is 4.79 Å². The number of rotatable bonds is 3. The number of nitrogens with one attached hydrogen (secondary N) is 2. The zero-order chi connectivity index (χ0) is 10.8. The van der Waals surface area contributed by atoms with E-state index in [2.05, 4.69) is 16.7 Å². The predicted octanol–water partition coefficient (Wildman–Crippen LogP) is 2.53. The van der Waals surface area contributed by atoms with Crippen molar-refractivity contribution < 1.29 is 4.79 Å². The second-order valence-corrected chi connectivity index (χ2v) is 4.13. The van der Waals surface area contributed by atoms with Crippen molar-refractivity contribution in [2.24, 2.45) is 0 Å². The summed E-state index contributed by atoms with van der Waals surface area (Å²) >= 11 is 0. The number of hydrogen-bond donors (Lipinski definition) is 2. The molecule has 1 amide bonds. The van der Waals surface area contributed by atoms with E-state index < -0.39 is 0 Å². The first kappa shape index (κ1) is 10.0. The van der Waals surface area contributed by atoms with Gasteiger partial charge in [-0.1, -0.05) is 6.07 Å². The van der Waals surface area contributed by atoms with Crippen LogP contribution in [0.15, 0.2) is 18.2 Å². The Hall–Kier alpha value is -1.51. The lowest BCUT2D eigenvalue weighted by Crippen LogP contribution is -2.08. The molecule has 0 atom stereocenters. The largest absolute Gasteiger partial charge is 0.382 e. The Morgan fingerprint density at radius 2 is 2.13 bits per heavy atom. The second-order valence-electron chi connectivity index (χ2n) is 4.13. The summed E-state index contributed by atoms with van der Waals surface area (Å²) in [5.41, 5.74) is 3.08. The lowest BCUT2D eigenvalue weighted by atomic mass is 10.1. The Bertz CT molecular complexity index is 383. The normalized spacial score (nSPS) is 14.8. The van der Waals surface area contributed by atoms with E-state index in [1.165, 1.54) is 19.8 Å². The number of carbonyl (C=O) groups excluding carboxylic acids is 1. The minimum absolute atomic E-state index is 0.0262. The van der Waals surface area contributed by atoms with E-state index in [0.29, 0.717) is 6.04 Å². The van der Waals surface area contributed by atoms with E-state index in [-0.39, 0.29) is 5.91 Å². The third-order valence-electron chi connectivity index (χ3n) is 2.50. The Balaban J connectivity index is 2.15. The molecule has 1 aliphatic rings. The third kappa shape index (κ3) is 2.72. The maximum atomic E-state index is 11.0. The third-order valence-corrected chi connectivity index (χ3v) is 2.50. The van der Waals surface area contributed by atoms with Crippen molar-refractivity contribution in [2.45, 2.75) is 32.7 Å². The average molecular weight is 204 g/mol. The number of benzene rings is 1. The first-order chi connectivity index (χ1) is 7.15. The van der Waals surface area contributed by atoms with E-state index in [0.717, 1.165) is 16.9 Å². The number of hydrogen-bond acceptors (Lipinski definition) is 2. The highest BCUT2D eigenvalue weighted by atomic mass is 16.1. The molecule has 1 aromatic rings. The van der Waals surface area contributed by atoms with Gasteiger partial charge in [0.15, 0.2) is 0 Å². The van der Waals surface area contributed by atoms with Gasteiger partial charge in [0.2, 0.25) is 5.91 Å². The van der Waals surface area contributed by atoms with Gasteiger partial charge in [0, 0.05) is 24.3 Å². The summed E-state index contributed by atoms with van der Waals surface area (Å²) in [7, 11) is 0. The van der Waals surface area contributed by atoms with Crippen molar-refractivity contribution in [3.63, 3.8) is 0 Å². The van der Waals surface area contributed by atoms with E-state index in [4.69, 9.17) is 0 Å². The molecule has 3 nitrogen and oxygen atoms in total. The fraction of sp³-hybridized carbons (Fsp3) is 0.417. The molecule has 1 fully saturated rings. The molecule has 0 bridgehead atoms. The number of anilines is 2. The maximum Gasteiger partial charge on any atom is 0.221 e. The first-order valence-corrected chi connectivity index (χ1v) is 5.30. The minimum atomic E-state index is -0.0262. The molecule has 15 heavy (non-hydrogen) atoms. The van der Waals surface area contributed by atoms with Crippen molar-refractivity contribution in [1.29, 1.82) is 0 Å². The summed E-state index contributed by atoms with van der Waals surface area (Å²) in [5, 5.41) is 6.23. The number of amides is 1. The van der Waals surface area contributed by atoms with Crippen LogP contribution in [-0.4, -0.2) is 11.9 Å². The molecule has 3 heteroatoms. The van der Waals surface area contributed by atoms with Gasteiger partial charge in [-0.25, -0.2) is 0 Å². The average Bonchev–Trinajstić information content (AvgIpc) is 2.94. The molecule has 1 saturated carbocycles. The Kier molecular flexibility index (Phi) is 2.62. The highest BCUT2D eigenvalue weighted by Gasteiger charge is 2.20. The van der Waals surface area contributed by atoms with Gasteiger partial charge in [0.1, 0.15) is 0 Å². The maximum absolute atomic E-state index is 11.0. The van der Waals surface area contributed by atoms with Crippen molar-refractivity contribution >= 4 is 17.3 Å². The summed E-state index contributed by atoms with van der Waals surface area (Å²) in [6.07, 6.45) is 2.51. The van der Waals surface area contributed by atoms with E-state index in [1.807, 2.05) is 19.1 Å². The van der Waals surface area contributed by atoms with Crippen LogP contribution < -0.4 is 10.6 Å². The molecule has 2 N–H and O–H groups in total. The highest BCUT2D eigenvalue weighted by Crippen LogP contribution is 2.27. The van der Waals surface area contributed by atoms with Gasteiger partial charge in [0.25, 0.3) is 0 Å². The predicted molar refractivity (Wildman–Crippen MR) is 62.1 cm³/mol. The van der Waals surface area contributed by atoms with E-state index in [1.54, 1.807) is 0 Å². The van der Waals surface area contributed by atoms with Crippen molar-refractivity contribution in [1.82, 2.24) is 0 Å². The summed E-state index contributed by atoms with van der Waals surface area (Å²) in [6.45, 7) is 3.52. The summed E-state index contributed by atoms with van der Waals surface area (Å²) in [6, 6.07) is 6.71. The molecule has 1 aromatic carbocycles. The van der Waals surface area contributed by atoms with Crippen LogP contribution in [0.25, 0.3) is 0 Å². The van der Waals surface area contributed by atoms with Gasteiger partial charge in [-0.15, -0.1) is 0 Å². The minimum Gasteiger partial charge on any atom is -0.382 e. The molecule has 0 saturated heterocycles. The Labute approximate surface area is 89.9 Å². The molecule has 0 aromatic heterocycles. The van der Waals surface area contributed by atoms with Crippen LogP contribution >= 0.6 is 0 Å². The van der Waals surface area contributed by atoms with Crippen molar-refractivity contribution in [2.75, 3.05) is 10.6 Å². The lowest BCUT2D eigenvalue weighted by molar-refractivity contribution is -0.114. The second kappa shape index (κ2) is 3.93. The molecule has 0 unspecified atom stereocenters. The first-order valence-electron chi connectivity index (χ1n) is 5.30. The summed E-state index contributed by atoms with van der Waals surface area (Å²) in [4.78, 5) is 11.0. The number of aryl methyl sites for hydroxylation is 1. The van der Waals surface area contributed by atoms with E-state index >= 15 is 0 Å². The molecular weight excluding hydrogens is 188 g/mol. The zero-order valence-electron chi connectivity index (χ0n) is 9.13. The molecule has 1 aliphatic carbocycles. The zero-order valence-corrected chi connectivity index (χ0v) is 9.13. The molecule has 0 aliphatic heterocycles. The molecule has 2 rings (SSSR count). The molecule has 0 radical (unpaired) electrons. The molecule has 0 heterocycles. The number of carbonyl (C=O) groups is 1. The molecule has 0 spiro atoms. The van der Waals surface area contributed by atoms with Crippen LogP contribution in [0.4, 0.5) is 11.4 Å². The van der Waals surface area contributed by atoms with Crippen molar-refractivity contribution in [3.8, 4) is 0 Å². The SMILES string of the molecule is CC(=O)Nc1cc(NC2CC2)ccc1C. The van der Waals surface area contributed by atoms with Gasteiger partial charge in [0.05, 0.1) is 0 Å². The Morgan fingerprint density at radius 3 is 2.73 bits per heavy atom. The quantitative estimate of drug-likeness (QED) is 0.794. The van der Waals surface area contributed by atoms with Gasteiger partial charge >= 0.3 is 0 Å². The summed E-state index contributed by atoms with van der Waals surface area (Å²) in [5.74, 6) is -0.0262. The monoisotopic (exact) mass is 204 g/mol. The van der Waals surface area contributed by atoms with Crippen LogP contribution in [0.1, 0.15) is 25.3 Å². The van der Waals surface area contributed by atoms with Crippen LogP contribution in [0.5, 0.6) is 0 Å². The molecule has 80 valence electrons. The van der Waals surface area contributed by atoms with Gasteiger partial charge in [-0.3, -0.25) is 4.79 Å². The Morgan fingerprint density at radius 1 is 1.40 bits per heavy atom.